The number of rotatable bonds is 2. The second-order valence-electron chi connectivity index (χ2n) is 6.09. The van der Waals surface area contributed by atoms with Crippen molar-refractivity contribution in [3.05, 3.63) is 77.9 Å². The van der Waals surface area contributed by atoms with Crippen LogP contribution in [0.25, 0.3) is 0 Å². The van der Waals surface area contributed by atoms with E-state index in [1.807, 2.05) is 12.1 Å². The Labute approximate surface area is 163 Å². The number of methoxy groups -OCH3 is 1. The quantitative estimate of drug-likeness (QED) is 0.515. The fourth-order valence-electron chi connectivity index (χ4n) is 3.09. The smallest absolute Gasteiger partial charge is 0.416 e. The van der Waals surface area contributed by atoms with E-state index in [0.29, 0.717) is 16.3 Å². The van der Waals surface area contributed by atoms with Crippen LogP contribution in [0.1, 0.15) is 15.9 Å². The summed E-state index contributed by atoms with van der Waals surface area (Å²) < 4.78 is 45.2. The topological polar surface area (TPSA) is 29.5 Å². The van der Waals surface area contributed by atoms with Gasteiger partial charge in [0.2, 0.25) is 0 Å². The maximum absolute atomic E-state index is 13.4. The second kappa shape index (κ2) is 6.91. The highest BCUT2D eigenvalue weighted by Gasteiger charge is 2.35. The highest BCUT2D eigenvalue weighted by atomic mass is 32.2. The van der Waals surface area contributed by atoms with Gasteiger partial charge in [0.1, 0.15) is 5.75 Å². The maximum atomic E-state index is 13.4. The summed E-state index contributed by atoms with van der Waals surface area (Å²) in [4.78, 5) is 16.1. The molecule has 142 valence electrons. The first kappa shape index (κ1) is 18.4. The minimum atomic E-state index is -4.50. The summed E-state index contributed by atoms with van der Waals surface area (Å²) in [7, 11) is 1.45. The van der Waals surface area contributed by atoms with Crippen LogP contribution in [0.4, 0.5) is 24.5 Å². The number of carbonyl (C=O) groups excluding carboxylic acids is 1. The molecule has 1 amide bonds. The standard InChI is InChI=1S/C21H14F3NO2S/c1-27-17-8-4-2-6-14(17)20(26)25-15-7-3-5-9-18(15)28-19-11-10-13(12-16(19)25)21(22,23)24/h2-12H,1H3. The zero-order valence-corrected chi connectivity index (χ0v) is 15.5. The molecule has 4 rings (SSSR count). The van der Waals surface area contributed by atoms with Crippen LogP contribution in [0.15, 0.2) is 76.5 Å². The summed E-state index contributed by atoms with van der Waals surface area (Å²) in [6.07, 6.45) is -4.50. The molecule has 0 fully saturated rings. The summed E-state index contributed by atoms with van der Waals surface area (Å²) in [5.74, 6) is -0.0949. The number of halogens is 3. The molecule has 1 heterocycles. The SMILES string of the molecule is COc1ccccc1C(=O)N1c2ccccc2Sc2ccc(C(F)(F)F)cc21. The van der Waals surface area contributed by atoms with Gasteiger partial charge in [0, 0.05) is 9.79 Å². The van der Waals surface area contributed by atoms with Crippen LogP contribution < -0.4 is 9.64 Å². The van der Waals surface area contributed by atoms with E-state index in [4.69, 9.17) is 4.74 Å². The van der Waals surface area contributed by atoms with Gasteiger partial charge in [-0.25, -0.2) is 0 Å². The van der Waals surface area contributed by atoms with Gasteiger partial charge in [-0.15, -0.1) is 0 Å². The van der Waals surface area contributed by atoms with Gasteiger partial charge in [0.25, 0.3) is 5.91 Å². The summed E-state index contributed by atoms with van der Waals surface area (Å²) in [5.41, 5.74) is 0.212. The van der Waals surface area contributed by atoms with E-state index in [-0.39, 0.29) is 11.3 Å². The highest BCUT2D eigenvalue weighted by molar-refractivity contribution is 7.99. The van der Waals surface area contributed by atoms with E-state index < -0.39 is 17.6 Å². The first-order valence-electron chi connectivity index (χ1n) is 8.36. The molecular formula is C21H14F3NO2S. The molecule has 1 aliphatic rings. The van der Waals surface area contributed by atoms with E-state index >= 15 is 0 Å². The van der Waals surface area contributed by atoms with Crippen molar-refractivity contribution in [3.63, 3.8) is 0 Å². The molecule has 0 bridgehead atoms. The van der Waals surface area contributed by atoms with Gasteiger partial charge in [0.05, 0.1) is 29.6 Å². The van der Waals surface area contributed by atoms with Crippen LogP contribution in [0, 0.1) is 0 Å². The number of amides is 1. The lowest BCUT2D eigenvalue weighted by atomic mass is 10.1. The Morgan fingerprint density at radius 3 is 2.36 bits per heavy atom. The van der Waals surface area contributed by atoms with Crippen molar-refractivity contribution < 1.29 is 22.7 Å². The van der Waals surface area contributed by atoms with E-state index in [1.54, 1.807) is 36.4 Å². The number of benzene rings is 3. The number of fused-ring (bicyclic) bond motifs is 2. The van der Waals surface area contributed by atoms with Gasteiger partial charge >= 0.3 is 6.18 Å². The number of hydrogen-bond acceptors (Lipinski definition) is 3. The van der Waals surface area contributed by atoms with E-state index in [1.165, 1.54) is 29.8 Å². The molecule has 0 aliphatic carbocycles. The van der Waals surface area contributed by atoms with Crippen LogP contribution in [-0.4, -0.2) is 13.0 Å². The Morgan fingerprint density at radius 2 is 1.61 bits per heavy atom. The van der Waals surface area contributed by atoms with Crippen molar-refractivity contribution >= 4 is 29.0 Å². The summed E-state index contributed by atoms with van der Waals surface area (Å²) >= 11 is 1.34. The van der Waals surface area contributed by atoms with Crippen LogP contribution >= 0.6 is 11.8 Å². The molecule has 3 nitrogen and oxygen atoms in total. The van der Waals surface area contributed by atoms with Crippen molar-refractivity contribution in [2.24, 2.45) is 0 Å². The van der Waals surface area contributed by atoms with Crippen molar-refractivity contribution in [3.8, 4) is 5.75 Å². The third kappa shape index (κ3) is 3.11. The van der Waals surface area contributed by atoms with Gasteiger partial charge in [-0.05, 0) is 42.5 Å². The average Bonchev–Trinajstić information content (AvgIpc) is 2.70. The molecule has 7 heteroatoms. The van der Waals surface area contributed by atoms with Gasteiger partial charge < -0.3 is 4.74 Å². The predicted molar refractivity (Wildman–Crippen MR) is 101 cm³/mol. The zero-order chi connectivity index (χ0) is 19.9. The Kier molecular flexibility index (Phi) is 4.55. The molecule has 0 saturated carbocycles. The molecular weight excluding hydrogens is 387 g/mol. The first-order chi connectivity index (χ1) is 13.4. The van der Waals surface area contributed by atoms with Gasteiger partial charge in [0.15, 0.2) is 0 Å². The average molecular weight is 401 g/mol. The van der Waals surface area contributed by atoms with Crippen molar-refractivity contribution in [1.29, 1.82) is 0 Å². The molecule has 28 heavy (non-hydrogen) atoms. The lowest BCUT2D eigenvalue weighted by molar-refractivity contribution is -0.137. The van der Waals surface area contributed by atoms with Crippen molar-refractivity contribution in [2.75, 3.05) is 12.0 Å². The number of carbonyl (C=O) groups is 1. The molecule has 0 radical (unpaired) electrons. The predicted octanol–water partition coefficient (Wildman–Crippen LogP) is 6.16. The molecule has 0 atom stereocenters. The third-order valence-corrected chi connectivity index (χ3v) is 5.52. The number of alkyl halides is 3. The number of ether oxygens (including phenoxy) is 1. The summed E-state index contributed by atoms with van der Waals surface area (Å²) in [6, 6.07) is 17.2. The maximum Gasteiger partial charge on any atom is 0.416 e. The molecule has 0 unspecified atom stereocenters. The van der Waals surface area contributed by atoms with E-state index in [2.05, 4.69) is 0 Å². The number of para-hydroxylation sites is 2. The largest absolute Gasteiger partial charge is 0.496 e. The Hall–Kier alpha value is -2.93. The molecule has 0 saturated heterocycles. The lowest BCUT2D eigenvalue weighted by Gasteiger charge is -2.32. The summed E-state index contributed by atoms with van der Waals surface area (Å²) in [5, 5.41) is 0. The third-order valence-electron chi connectivity index (χ3n) is 4.39. The Bertz CT molecular complexity index is 1070. The van der Waals surface area contributed by atoms with Gasteiger partial charge in [-0.1, -0.05) is 36.0 Å². The van der Waals surface area contributed by atoms with Crippen LogP contribution in [0.5, 0.6) is 5.75 Å². The van der Waals surface area contributed by atoms with E-state index in [0.717, 1.165) is 17.0 Å². The number of anilines is 2. The van der Waals surface area contributed by atoms with Crippen molar-refractivity contribution in [2.45, 2.75) is 16.0 Å². The van der Waals surface area contributed by atoms with Gasteiger partial charge in [-0.2, -0.15) is 13.2 Å². The van der Waals surface area contributed by atoms with Crippen LogP contribution in [0.3, 0.4) is 0 Å². The minimum absolute atomic E-state index is 0.203. The summed E-state index contributed by atoms with van der Waals surface area (Å²) in [6.45, 7) is 0. The fraction of sp³-hybridized carbons (Fsp3) is 0.0952. The zero-order valence-electron chi connectivity index (χ0n) is 14.7. The first-order valence-corrected chi connectivity index (χ1v) is 9.17. The fourth-order valence-corrected chi connectivity index (χ4v) is 4.13. The second-order valence-corrected chi connectivity index (χ2v) is 7.17. The molecule has 3 aromatic rings. The number of hydrogen-bond donors (Lipinski definition) is 0. The van der Waals surface area contributed by atoms with Gasteiger partial charge in [-0.3, -0.25) is 9.69 Å². The van der Waals surface area contributed by atoms with Crippen LogP contribution in [-0.2, 0) is 6.18 Å². The molecule has 0 N–H and O–H groups in total. The lowest BCUT2D eigenvalue weighted by Crippen LogP contribution is -2.29. The molecule has 3 aromatic carbocycles. The minimum Gasteiger partial charge on any atom is -0.496 e. The van der Waals surface area contributed by atoms with Crippen LogP contribution in [0.2, 0.25) is 0 Å². The van der Waals surface area contributed by atoms with E-state index in [9.17, 15) is 18.0 Å². The molecule has 0 aromatic heterocycles. The van der Waals surface area contributed by atoms with Crippen molar-refractivity contribution in [1.82, 2.24) is 0 Å². The normalized spacial score (nSPS) is 12.9. The monoisotopic (exact) mass is 401 g/mol. The molecule has 0 spiro atoms. The number of nitrogens with zero attached hydrogens (tertiary/aromatic N) is 1. The Balaban J connectivity index is 1.92. The Morgan fingerprint density at radius 1 is 0.929 bits per heavy atom. The highest BCUT2D eigenvalue weighted by Crippen LogP contribution is 2.50. The molecule has 1 aliphatic heterocycles.